The van der Waals surface area contributed by atoms with Crippen LogP contribution in [0.15, 0.2) is 121 Å². The van der Waals surface area contributed by atoms with Crippen molar-refractivity contribution >= 4 is 21.5 Å². The van der Waals surface area contributed by atoms with Crippen LogP contribution in [0.25, 0.3) is 54.9 Å². The van der Waals surface area contributed by atoms with Crippen LogP contribution in [0.4, 0.5) is 8.78 Å². The predicted octanol–water partition coefficient (Wildman–Crippen LogP) is 9.27. The molecule has 0 radical (unpaired) electrons. The molecule has 0 spiro atoms. The Morgan fingerprint density at radius 2 is 1.00 bits per heavy atom. The van der Waals surface area contributed by atoms with Gasteiger partial charge in [-0.1, -0.05) is 109 Å². The lowest BCUT2D eigenvalue weighted by molar-refractivity contribution is 0.511. The molecule has 0 amide bonds. The highest BCUT2D eigenvalue weighted by atomic mass is 19.2. The van der Waals surface area contributed by atoms with Crippen LogP contribution < -0.4 is 0 Å². The van der Waals surface area contributed by atoms with Gasteiger partial charge in [0.1, 0.15) is 0 Å². The highest BCUT2D eigenvalue weighted by molar-refractivity contribution is 6.05. The normalized spacial score (nSPS) is 11.2. The first-order valence-corrected chi connectivity index (χ1v) is 11.2. The Kier molecular flexibility index (Phi) is 4.92. The molecule has 0 atom stereocenters. The van der Waals surface area contributed by atoms with Crippen LogP contribution in [0.1, 0.15) is 0 Å². The van der Waals surface area contributed by atoms with Gasteiger partial charge in [0, 0.05) is 5.56 Å². The Hall–Kier alpha value is -4.30. The molecule has 0 nitrogen and oxygen atoms in total. The molecule has 162 valence electrons. The van der Waals surface area contributed by atoms with E-state index in [0.29, 0.717) is 5.56 Å². The molecule has 34 heavy (non-hydrogen) atoms. The van der Waals surface area contributed by atoms with Gasteiger partial charge in [0.05, 0.1) is 0 Å². The van der Waals surface area contributed by atoms with Gasteiger partial charge in [0.15, 0.2) is 11.6 Å². The Balaban J connectivity index is 1.44. The molecule has 6 aromatic carbocycles. The first kappa shape index (κ1) is 20.3. The maximum atomic E-state index is 14.6. The van der Waals surface area contributed by atoms with Crippen LogP contribution in [-0.2, 0) is 0 Å². The van der Waals surface area contributed by atoms with E-state index in [1.807, 2.05) is 36.4 Å². The molecule has 0 fully saturated rings. The first-order chi connectivity index (χ1) is 16.7. The monoisotopic (exact) mass is 442 g/mol. The second-order valence-corrected chi connectivity index (χ2v) is 8.45. The largest absolute Gasteiger partial charge is 0.204 e. The summed E-state index contributed by atoms with van der Waals surface area (Å²) in [5.41, 5.74) is 5.41. The predicted molar refractivity (Wildman–Crippen MR) is 138 cm³/mol. The summed E-state index contributed by atoms with van der Waals surface area (Å²) in [5.74, 6) is -1.66. The van der Waals surface area contributed by atoms with E-state index in [0.717, 1.165) is 33.5 Å². The minimum atomic E-state index is -0.838. The topological polar surface area (TPSA) is 0 Å². The molecule has 6 aromatic rings. The fourth-order valence-electron chi connectivity index (χ4n) is 4.71. The maximum absolute atomic E-state index is 14.6. The van der Waals surface area contributed by atoms with Gasteiger partial charge in [-0.3, -0.25) is 0 Å². The summed E-state index contributed by atoms with van der Waals surface area (Å²) in [6, 6.07) is 39.4. The van der Waals surface area contributed by atoms with E-state index in [1.54, 1.807) is 12.1 Å². The van der Waals surface area contributed by atoms with Gasteiger partial charge in [-0.05, 0) is 61.5 Å². The molecule has 0 bridgehead atoms. The Bertz CT molecular complexity index is 1660. The number of hydrogen-bond acceptors (Lipinski definition) is 0. The van der Waals surface area contributed by atoms with Crippen LogP contribution in [-0.4, -0.2) is 0 Å². The van der Waals surface area contributed by atoms with Crippen molar-refractivity contribution in [2.24, 2.45) is 0 Å². The lowest BCUT2D eigenvalue weighted by Gasteiger charge is -2.13. The Labute approximate surface area is 196 Å². The second kappa shape index (κ2) is 8.24. The number of benzene rings is 6. The smallest absolute Gasteiger partial charge is 0.166 e. The van der Waals surface area contributed by atoms with Gasteiger partial charge in [-0.15, -0.1) is 0 Å². The lowest BCUT2D eigenvalue weighted by atomic mass is 9.91. The number of fused-ring (bicyclic) bond motifs is 2. The SMILES string of the molecule is Fc1cccc(-c2ccc(-c3ccc(-c4ccc5ccccc5c4)cc3)c3ccccc23)c1F. The van der Waals surface area contributed by atoms with Crippen LogP contribution >= 0.6 is 0 Å². The maximum Gasteiger partial charge on any atom is 0.166 e. The molecule has 2 heteroatoms. The van der Waals surface area contributed by atoms with Crippen molar-refractivity contribution in [1.29, 1.82) is 0 Å². The average molecular weight is 443 g/mol. The van der Waals surface area contributed by atoms with Crippen molar-refractivity contribution in [2.45, 2.75) is 0 Å². The van der Waals surface area contributed by atoms with Gasteiger partial charge in [-0.2, -0.15) is 0 Å². The first-order valence-electron chi connectivity index (χ1n) is 11.2. The molecule has 0 aliphatic heterocycles. The van der Waals surface area contributed by atoms with Gasteiger partial charge < -0.3 is 0 Å². The zero-order valence-electron chi connectivity index (χ0n) is 18.3. The van der Waals surface area contributed by atoms with E-state index in [9.17, 15) is 8.78 Å². The minimum Gasteiger partial charge on any atom is -0.204 e. The van der Waals surface area contributed by atoms with E-state index in [-0.39, 0.29) is 5.56 Å². The van der Waals surface area contributed by atoms with Crippen LogP contribution in [0.3, 0.4) is 0 Å². The molecule has 0 heterocycles. The van der Waals surface area contributed by atoms with Crippen LogP contribution in [0.2, 0.25) is 0 Å². The molecule has 6 rings (SSSR count). The molecule has 0 aliphatic rings. The summed E-state index contributed by atoms with van der Waals surface area (Å²) in [6.07, 6.45) is 0. The van der Waals surface area contributed by atoms with E-state index >= 15 is 0 Å². The highest BCUT2D eigenvalue weighted by Crippen LogP contribution is 2.37. The van der Waals surface area contributed by atoms with Crippen molar-refractivity contribution in [3.8, 4) is 33.4 Å². The summed E-state index contributed by atoms with van der Waals surface area (Å²) in [4.78, 5) is 0. The van der Waals surface area contributed by atoms with Gasteiger partial charge in [0.2, 0.25) is 0 Å². The zero-order chi connectivity index (χ0) is 23.1. The van der Waals surface area contributed by atoms with Gasteiger partial charge in [0.25, 0.3) is 0 Å². The summed E-state index contributed by atoms with van der Waals surface area (Å²) < 4.78 is 28.5. The summed E-state index contributed by atoms with van der Waals surface area (Å²) in [5, 5.41) is 4.34. The molecule has 0 saturated carbocycles. The van der Waals surface area contributed by atoms with Crippen LogP contribution in [0, 0.1) is 11.6 Å². The average Bonchev–Trinajstić information content (AvgIpc) is 2.90. The zero-order valence-corrected chi connectivity index (χ0v) is 18.3. The molecule has 0 N–H and O–H groups in total. The summed E-state index contributed by atoms with van der Waals surface area (Å²) >= 11 is 0. The molecular formula is C32H20F2. The minimum absolute atomic E-state index is 0.273. The third-order valence-corrected chi connectivity index (χ3v) is 6.44. The summed E-state index contributed by atoms with van der Waals surface area (Å²) in [6.45, 7) is 0. The van der Waals surface area contributed by atoms with E-state index in [2.05, 4.69) is 66.7 Å². The third kappa shape index (κ3) is 3.45. The van der Waals surface area contributed by atoms with E-state index in [1.165, 1.54) is 16.3 Å². The van der Waals surface area contributed by atoms with Crippen molar-refractivity contribution in [3.63, 3.8) is 0 Å². The standard InChI is InChI=1S/C32H20F2/c33-31-11-5-10-30(32(31)34)29-19-18-26(27-8-3-4-9-28(27)29)23-15-12-22(13-16-23)25-17-14-21-6-1-2-7-24(21)20-25/h1-20H. The van der Waals surface area contributed by atoms with Gasteiger partial charge >= 0.3 is 0 Å². The molecular weight excluding hydrogens is 422 g/mol. The second-order valence-electron chi connectivity index (χ2n) is 8.45. The van der Waals surface area contributed by atoms with Crippen molar-refractivity contribution in [3.05, 3.63) is 133 Å². The van der Waals surface area contributed by atoms with Crippen molar-refractivity contribution in [2.75, 3.05) is 0 Å². The number of halogens is 2. The third-order valence-electron chi connectivity index (χ3n) is 6.44. The fourth-order valence-corrected chi connectivity index (χ4v) is 4.71. The van der Waals surface area contributed by atoms with Crippen molar-refractivity contribution in [1.82, 2.24) is 0 Å². The molecule has 0 saturated heterocycles. The van der Waals surface area contributed by atoms with Gasteiger partial charge in [-0.25, -0.2) is 8.78 Å². The molecule has 0 unspecified atom stereocenters. The number of hydrogen-bond donors (Lipinski definition) is 0. The quantitative estimate of drug-likeness (QED) is 0.256. The number of rotatable bonds is 3. The fraction of sp³-hybridized carbons (Fsp3) is 0. The summed E-state index contributed by atoms with van der Waals surface area (Å²) in [7, 11) is 0. The molecule has 0 aromatic heterocycles. The van der Waals surface area contributed by atoms with Crippen molar-refractivity contribution < 1.29 is 8.78 Å². The lowest BCUT2D eigenvalue weighted by Crippen LogP contribution is -1.91. The Morgan fingerprint density at radius 1 is 0.382 bits per heavy atom. The van der Waals surface area contributed by atoms with E-state index in [4.69, 9.17) is 0 Å². The van der Waals surface area contributed by atoms with Crippen LogP contribution in [0.5, 0.6) is 0 Å². The van der Waals surface area contributed by atoms with E-state index < -0.39 is 11.6 Å². The highest BCUT2D eigenvalue weighted by Gasteiger charge is 2.14. The Morgan fingerprint density at radius 3 is 1.79 bits per heavy atom. The molecule has 0 aliphatic carbocycles.